The minimum absolute atomic E-state index is 0.00320. The number of nitrogens with zero attached hydrogens (tertiary/aromatic N) is 9. The van der Waals surface area contributed by atoms with Gasteiger partial charge in [-0.15, -0.1) is 0 Å². The van der Waals surface area contributed by atoms with Crippen molar-refractivity contribution in [2.75, 3.05) is 61.1 Å². The van der Waals surface area contributed by atoms with Crippen LogP contribution in [-0.4, -0.2) is 116 Å². The smallest absolute Gasteiger partial charge is 0.328 e. The van der Waals surface area contributed by atoms with Crippen LogP contribution in [0, 0.1) is 23.7 Å². The molecule has 5 fully saturated rings. The van der Waals surface area contributed by atoms with Gasteiger partial charge >= 0.3 is 6.03 Å². The van der Waals surface area contributed by atoms with Gasteiger partial charge in [-0.2, -0.15) is 10.2 Å². The number of alkyl halides is 2. The summed E-state index contributed by atoms with van der Waals surface area (Å²) >= 11 is 0. The summed E-state index contributed by atoms with van der Waals surface area (Å²) in [5, 5.41) is 15.3. The van der Waals surface area contributed by atoms with Crippen molar-refractivity contribution in [3.63, 3.8) is 0 Å². The molecule has 2 bridgehead atoms. The van der Waals surface area contributed by atoms with Gasteiger partial charge in [0.15, 0.2) is 11.3 Å². The fourth-order valence-electron chi connectivity index (χ4n) is 10.1. The van der Waals surface area contributed by atoms with Gasteiger partial charge in [0.25, 0.3) is 12.3 Å². The van der Waals surface area contributed by atoms with Crippen LogP contribution in [0.4, 0.5) is 30.8 Å². The first kappa shape index (κ1) is 41.0. The summed E-state index contributed by atoms with van der Waals surface area (Å²) in [5.41, 5.74) is 1.53. The van der Waals surface area contributed by atoms with Crippen LogP contribution in [0.2, 0.25) is 0 Å². The average Bonchev–Trinajstić information content (AvgIpc) is 4.11. The molecular weight excluding hydrogens is 813 g/mol. The summed E-state index contributed by atoms with van der Waals surface area (Å²) in [6.07, 6.45) is 11.1. The fourth-order valence-corrected chi connectivity index (χ4v) is 10.1. The number of hydrogen-bond donors (Lipinski definition) is 2. The number of imide groups is 1. The highest BCUT2D eigenvalue weighted by Crippen LogP contribution is 2.37. The minimum Gasteiger partial charge on any atom is -0.374 e. The molecule has 4 atom stereocenters. The molecule has 4 amide bonds. The van der Waals surface area contributed by atoms with Gasteiger partial charge in [-0.05, 0) is 62.5 Å². The topological polar surface area (TPSA) is 164 Å². The second-order valence-corrected chi connectivity index (χ2v) is 17.4. The zero-order valence-electron chi connectivity index (χ0n) is 35.0. The van der Waals surface area contributed by atoms with E-state index in [4.69, 9.17) is 14.5 Å². The van der Waals surface area contributed by atoms with Crippen LogP contribution in [0.15, 0.2) is 55.2 Å². The summed E-state index contributed by atoms with van der Waals surface area (Å²) in [7, 11) is 0. The third kappa shape index (κ3) is 8.32. The van der Waals surface area contributed by atoms with Crippen LogP contribution in [-0.2, 0) is 14.3 Å². The number of fused-ring (bicyclic) bond motifs is 4. The Hall–Kier alpha value is -6.03. The Morgan fingerprint density at radius 1 is 1.05 bits per heavy atom. The van der Waals surface area contributed by atoms with Crippen molar-refractivity contribution in [3.8, 4) is 11.8 Å². The number of likely N-dealkylation sites (tertiary alicyclic amines) is 1. The lowest BCUT2D eigenvalue weighted by Crippen LogP contribution is -2.49. The van der Waals surface area contributed by atoms with Crippen molar-refractivity contribution >= 4 is 51.5 Å². The number of aromatic nitrogens is 6. The van der Waals surface area contributed by atoms with Crippen LogP contribution in [0.5, 0.6) is 0 Å². The molecule has 5 aliphatic rings. The Bertz CT molecular complexity index is 2620. The molecule has 63 heavy (non-hydrogen) atoms. The number of anilines is 3. The van der Waals surface area contributed by atoms with Gasteiger partial charge < -0.3 is 24.6 Å². The molecule has 2 N–H and O–H groups in total. The van der Waals surface area contributed by atoms with Crippen LogP contribution < -0.4 is 20.4 Å². The largest absolute Gasteiger partial charge is 0.374 e. The van der Waals surface area contributed by atoms with E-state index in [1.165, 1.54) is 15.6 Å². The Labute approximate surface area is 362 Å². The van der Waals surface area contributed by atoms with Gasteiger partial charge in [0.1, 0.15) is 18.0 Å². The zero-order chi connectivity index (χ0) is 43.2. The first-order valence-electron chi connectivity index (χ1n) is 21.9. The molecule has 1 aliphatic carbocycles. The van der Waals surface area contributed by atoms with E-state index in [1.807, 2.05) is 24.3 Å². The number of amides is 4. The second-order valence-electron chi connectivity index (χ2n) is 17.4. The summed E-state index contributed by atoms with van der Waals surface area (Å²) in [6.45, 7) is 7.00. The molecule has 0 unspecified atom stereocenters. The molecule has 18 heteroatoms. The number of pyridine rings is 1. The third-order valence-electron chi connectivity index (χ3n) is 13.3. The van der Waals surface area contributed by atoms with Crippen LogP contribution in [0.25, 0.3) is 16.4 Å². The Morgan fingerprint density at radius 2 is 1.92 bits per heavy atom. The highest BCUT2D eigenvalue weighted by molar-refractivity contribution is 6.10. The number of ether oxygens (including phenoxy) is 2. The number of piperidine rings is 1. The van der Waals surface area contributed by atoms with Crippen molar-refractivity contribution in [2.45, 2.75) is 82.6 Å². The predicted octanol–water partition coefficient (Wildman–Crippen LogP) is 5.60. The summed E-state index contributed by atoms with van der Waals surface area (Å²) in [6, 6.07) is 7.37. The highest BCUT2D eigenvalue weighted by atomic mass is 19.3. The molecule has 4 aliphatic heterocycles. The first-order chi connectivity index (χ1) is 30.6. The van der Waals surface area contributed by atoms with Crippen molar-refractivity contribution in [1.82, 2.24) is 39.6 Å². The van der Waals surface area contributed by atoms with Crippen molar-refractivity contribution in [3.05, 3.63) is 72.1 Å². The van der Waals surface area contributed by atoms with E-state index in [2.05, 4.69) is 54.4 Å². The van der Waals surface area contributed by atoms with E-state index >= 15 is 0 Å². The molecule has 5 aromatic rings. The fraction of sp³-hybridized carbons (Fsp3) is 0.489. The predicted molar refractivity (Wildman–Crippen MR) is 229 cm³/mol. The van der Waals surface area contributed by atoms with Gasteiger partial charge in [0, 0.05) is 74.1 Å². The minimum atomic E-state index is -2.86. The van der Waals surface area contributed by atoms with Crippen LogP contribution in [0.3, 0.4) is 0 Å². The lowest BCUT2D eigenvalue weighted by atomic mass is 9.85. The van der Waals surface area contributed by atoms with Crippen molar-refractivity contribution in [2.24, 2.45) is 11.8 Å². The van der Waals surface area contributed by atoms with Gasteiger partial charge in [0.2, 0.25) is 5.91 Å². The lowest BCUT2D eigenvalue weighted by molar-refractivity contribution is -0.120. The molecule has 4 aromatic heterocycles. The van der Waals surface area contributed by atoms with E-state index in [1.54, 1.807) is 29.5 Å². The maximum absolute atomic E-state index is 14.3. The van der Waals surface area contributed by atoms with Crippen LogP contribution in [0.1, 0.15) is 86.0 Å². The van der Waals surface area contributed by atoms with E-state index in [0.29, 0.717) is 42.9 Å². The number of carbonyl (C=O) groups excluding carboxylic acids is 3. The first-order valence-corrected chi connectivity index (χ1v) is 21.9. The van der Waals surface area contributed by atoms with Crippen LogP contribution >= 0.6 is 0 Å². The average molecular weight is 862 g/mol. The molecule has 8 heterocycles. The Kier molecular flexibility index (Phi) is 11.2. The van der Waals surface area contributed by atoms with Crippen molar-refractivity contribution in [1.29, 1.82) is 0 Å². The lowest BCUT2D eigenvalue weighted by Gasteiger charge is -2.39. The number of benzene rings is 1. The zero-order valence-corrected chi connectivity index (χ0v) is 35.0. The van der Waals surface area contributed by atoms with Gasteiger partial charge in [-0.3, -0.25) is 29.5 Å². The molecular formula is C45H49F2N11O5. The standard InChI is InChI=1S/C45H49F2N11O5/c1-27-22-54(14-11-38(27)62-17-3-5-29-4-2-6-33-34(29)19-48-21-37(33)55-15-13-40(59)52-45(55)61)23-28-7-9-30(10-8-28)58-25-36(41(53-58)42(46)47)50-44(60)35-20-49-57-16-12-39(51-43(35)57)56-24-32-18-31(56)26-63-32/h2,4,6,12,16,19-21,25,27-28,30-32,38,42H,7-11,13-15,17-18,22-24,26H2,1H3,(H,50,60)(H,52,59,61)/t27-,28?,30?,31-,32-,38-/m1/s1. The number of nitrogens with one attached hydrogen (secondary N) is 2. The summed E-state index contributed by atoms with van der Waals surface area (Å²) < 4.78 is 43.8. The van der Waals surface area contributed by atoms with E-state index in [-0.39, 0.29) is 47.9 Å². The number of urea groups is 1. The molecule has 1 aromatic carbocycles. The molecule has 10 rings (SSSR count). The van der Waals surface area contributed by atoms with Gasteiger partial charge in [0.05, 0.1) is 54.7 Å². The number of rotatable bonds is 10. The van der Waals surface area contributed by atoms with E-state index in [9.17, 15) is 23.2 Å². The molecule has 16 nitrogen and oxygen atoms in total. The quantitative estimate of drug-likeness (QED) is 0.168. The number of halogens is 2. The number of hydrogen-bond acceptors (Lipinski definition) is 11. The van der Waals surface area contributed by atoms with Crippen molar-refractivity contribution < 1.29 is 32.6 Å². The normalized spacial score (nSPS) is 25.2. The third-order valence-corrected chi connectivity index (χ3v) is 13.3. The van der Waals surface area contributed by atoms with E-state index < -0.39 is 24.1 Å². The monoisotopic (exact) mass is 861 g/mol. The van der Waals surface area contributed by atoms with Gasteiger partial charge in [-0.1, -0.05) is 30.9 Å². The molecule has 0 radical (unpaired) electrons. The summed E-state index contributed by atoms with van der Waals surface area (Å²) in [5.74, 6) is 7.12. The molecule has 328 valence electrons. The SMILES string of the molecule is C[C@@H]1CN(CC2CCC(n3cc(NC(=O)c4cnn5ccc(N6C[C@H]7C[C@@H]6CO7)nc45)c(C(F)F)n3)CC2)CC[C@H]1OCC#Cc1cccc2c(N3CCC(=O)NC3=O)cncc12. The number of morpholine rings is 1. The second kappa shape index (κ2) is 17.3. The molecule has 4 saturated heterocycles. The maximum atomic E-state index is 14.3. The van der Waals surface area contributed by atoms with E-state index in [0.717, 1.165) is 86.9 Å². The molecule has 0 spiro atoms. The Balaban J connectivity index is 0.705. The number of carbonyl (C=O) groups is 3. The Morgan fingerprint density at radius 3 is 2.70 bits per heavy atom. The molecule has 1 saturated carbocycles. The maximum Gasteiger partial charge on any atom is 0.328 e. The highest BCUT2D eigenvalue weighted by Gasteiger charge is 2.40. The summed E-state index contributed by atoms with van der Waals surface area (Å²) in [4.78, 5) is 53.1. The van der Waals surface area contributed by atoms with Gasteiger partial charge in [-0.25, -0.2) is 23.1 Å².